The van der Waals surface area contributed by atoms with Gasteiger partial charge in [0.05, 0.1) is 24.3 Å². The summed E-state index contributed by atoms with van der Waals surface area (Å²) in [5, 5.41) is 0. The van der Waals surface area contributed by atoms with Gasteiger partial charge in [-0.3, -0.25) is 0 Å². The summed E-state index contributed by atoms with van der Waals surface area (Å²) in [4.78, 5) is 8.54. The number of aromatic amines is 1. The number of hydrogen-bond acceptors (Lipinski definition) is 4. The first kappa shape index (κ1) is 23.2. The van der Waals surface area contributed by atoms with Gasteiger partial charge in [0.15, 0.2) is 0 Å². The Morgan fingerprint density at radius 1 is 1.09 bits per heavy atom. The maximum Gasteiger partial charge on any atom is 0.511 e. The fourth-order valence-electron chi connectivity index (χ4n) is 4.10. The highest BCUT2D eigenvalue weighted by molar-refractivity contribution is 7.89. The quantitative estimate of drug-likeness (QED) is 0.534. The van der Waals surface area contributed by atoms with Crippen LogP contribution in [-0.4, -0.2) is 40.8 Å². The lowest BCUT2D eigenvalue weighted by Gasteiger charge is -2.34. The van der Waals surface area contributed by atoms with Crippen LogP contribution in [0.4, 0.5) is 23.2 Å². The zero-order valence-electron chi connectivity index (χ0n) is 17.5. The lowest BCUT2D eigenvalue weighted by Crippen LogP contribution is -2.47. The zero-order valence-corrected chi connectivity index (χ0v) is 18.3. The first-order chi connectivity index (χ1) is 15.7. The summed E-state index contributed by atoms with van der Waals surface area (Å²) in [6.45, 7) is -0.875. The van der Waals surface area contributed by atoms with Gasteiger partial charge in [0.1, 0.15) is 5.82 Å². The van der Waals surface area contributed by atoms with E-state index in [0.29, 0.717) is 22.8 Å². The molecule has 0 radical (unpaired) electrons. The molecule has 1 N–H and O–H groups in total. The van der Waals surface area contributed by atoms with Crippen molar-refractivity contribution in [2.75, 3.05) is 11.4 Å². The van der Waals surface area contributed by atoms with Gasteiger partial charge >= 0.3 is 15.5 Å². The zero-order chi connectivity index (χ0) is 23.6. The summed E-state index contributed by atoms with van der Waals surface area (Å²) >= 11 is 0. The minimum Gasteiger partial charge on any atom is -0.359 e. The number of alkyl halides is 3. The molecule has 3 aromatic rings. The van der Waals surface area contributed by atoms with E-state index in [1.165, 1.54) is 24.5 Å². The highest BCUT2D eigenvalue weighted by atomic mass is 32.2. The molecule has 1 aromatic heterocycles. The average Bonchev–Trinajstić information content (AvgIpc) is 3.22. The summed E-state index contributed by atoms with van der Waals surface area (Å²) in [6, 6.07) is 12.6. The maximum absolute atomic E-state index is 15.1. The van der Waals surface area contributed by atoms with Gasteiger partial charge in [0.25, 0.3) is 0 Å². The number of fused-ring (bicyclic) bond motifs is 1. The lowest BCUT2D eigenvalue weighted by molar-refractivity contribution is -0.0492. The second-order valence-corrected chi connectivity index (χ2v) is 9.80. The molecule has 1 aliphatic heterocycles. The molecule has 1 atom stereocenters. The standard InChI is InChI=1S/C22H22F4N4O2S/c23-20-8-4-7-17-12-29(33(31,32)22(24,25)26)14-19(10-9-16-5-2-1-3-6-16)30(21(17)20)13-18-11-27-15-28-18/h1-8,11,15,19H,9-10,12-14H2,(H,27,28)/t19-/m1/s1. The Hall–Kier alpha value is -2.92. The summed E-state index contributed by atoms with van der Waals surface area (Å²) < 4.78 is 80.6. The van der Waals surface area contributed by atoms with E-state index in [0.717, 1.165) is 5.56 Å². The molecule has 2 heterocycles. The number of hydrogen-bond donors (Lipinski definition) is 1. The van der Waals surface area contributed by atoms with E-state index in [2.05, 4.69) is 9.97 Å². The van der Waals surface area contributed by atoms with Crippen LogP contribution in [0.5, 0.6) is 0 Å². The summed E-state index contributed by atoms with van der Waals surface area (Å²) in [5.74, 6) is -0.622. The van der Waals surface area contributed by atoms with Crippen molar-refractivity contribution in [3.63, 3.8) is 0 Å². The van der Waals surface area contributed by atoms with E-state index in [1.54, 1.807) is 11.1 Å². The summed E-state index contributed by atoms with van der Waals surface area (Å²) in [7, 11) is -5.62. The maximum atomic E-state index is 15.1. The number of halogens is 4. The molecule has 176 valence electrons. The van der Waals surface area contributed by atoms with E-state index >= 15 is 4.39 Å². The minimum absolute atomic E-state index is 0.102. The third-order valence-corrected chi connectivity index (χ3v) is 7.24. The van der Waals surface area contributed by atoms with E-state index in [4.69, 9.17) is 0 Å². The summed E-state index contributed by atoms with van der Waals surface area (Å²) in [6.07, 6.45) is 3.79. The van der Waals surface area contributed by atoms with E-state index in [-0.39, 0.29) is 17.8 Å². The first-order valence-corrected chi connectivity index (χ1v) is 11.7. The minimum atomic E-state index is -5.62. The largest absolute Gasteiger partial charge is 0.511 e. The Morgan fingerprint density at radius 2 is 1.85 bits per heavy atom. The van der Waals surface area contributed by atoms with Gasteiger partial charge < -0.3 is 9.88 Å². The lowest BCUT2D eigenvalue weighted by atomic mass is 10.0. The van der Waals surface area contributed by atoms with Crippen LogP contribution in [0.15, 0.2) is 61.1 Å². The molecule has 0 bridgehead atoms. The van der Waals surface area contributed by atoms with Crippen molar-refractivity contribution < 1.29 is 26.0 Å². The first-order valence-electron chi connectivity index (χ1n) is 10.3. The number of imidazole rings is 1. The molecule has 0 fully saturated rings. The molecule has 33 heavy (non-hydrogen) atoms. The number of rotatable bonds is 6. The van der Waals surface area contributed by atoms with Crippen molar-refractivity contribution in [2.24, 2.45) is 0 Å². The Kier molecular flexibility index (Phi) is 6.44. The van der Waals surface area contributed by atoms with E-state index < -0.39 is 40.5 Å². The number of para-hydroxylation sites is 1. The molecular formula is C22H22F4N4O2S. The molecule has 0 amide bonds. The average molecular weight is 483 g/mol. The monoisotopic (exact) mass is 482 g/mol. The highest BCUT2D eigenvalue weighted by Gasteiger charge is 2.51. The third kappa shape index (κ3) is 4.88. The molecule has 0 saturated heterocycles. The fourth-order valence-corrected chi connectivity index (χ4v) is 5.07. The molecule has 0 saturated carbocycles. The van der Waals surface area contributed by atoms with Crippen molar-refractivity contribution in [1.29, 1.82) is 0 Å². The Morgan fingerprint density at radius 3 is 2.52 bits per heavy atom. The van der Waals surface area contributed by atoms with Crippen LogP contribution in [-0.2, 0) is 29.5 Å². The third-order valence-electron chi connectivity index (χ3n) is 5.70. The van der Waals surface area contributed by atoms with Gasteiger partial charge in [-0.25, -0.2) is 17.8 Å². The van der Waals surface area contributed by atoms with Gasteiger partial charge in [-0.15, -0.1) is 0 Å². The van der Waals surface area contributed by atoms with Crippen molar-refractivity contribution in [3.8, 4) is 0 Å². The topological polar surface area (TPSA) is 69.3 Å². The van der Waals surface area contributed by atoms with Gasteiger partial charge in [-0.1, -0.05) is 42.5 Å². The fraction of sp³-hybridized carbons (Fsp3) is 0.318. The molecule has 2 aromatic carbocycles. The smallest absolute Gasteiger partial charge is 0.359 e. The predicted molar refractivity (Wildman–Crippen MR) is 115 cm³/mol. The van der Waals surface area contributed by atoms with Crippen LogP contribution in [0.1, 0.15) is 23.2 Å². The Bertz CT molecular complexity index is 1180. The number of H-pyrrole nitrogens is 1. The van der Waals surface area contributed by atoms with Crippen molar-refractivity contribution in [2.45, 2.75) is 37.5 Å². The van der Waals surface area contributed by atoms with Gasteiger partial charge in [-0.05, 0) is 30.0 Å². The Labute approximate surface area is 188 Å². The van der Waals surface area contributed by atoms with Gasteiger partial charge in [0.2, 0.25) is 0 Å². The molecule has 4 rings (SSSR count). The van der Waals surface area contributed by atoms with E-state index in [9.17, 15) is 21.6 Å². The van der Waals surface area contributed by atoms with Crippen LogP contribution in [0.3, 0.4) is 0 Å². The van der Waals surface area contributed by atoms with Gasteiger partial charge in [-0.2, -0.15) is 17.5 Å². The number of anilines is 1. The molecule has 0 spiro atoms. The molecule has 0 aliphatic carbocycles. The van der Waals surface area contributed by atoms with E-state index in [1.807, 2.05) is 30.3 Å². The molecule has 11 heteroatoms. The predicted octanol–water partition coefficient (Wildman–Crippen LogP) is 4.22. The van der Waals surface area contributed by atoms with Crippen LogP contribution >= 0.6 is 0 Å². The van der Waals surface area contributed by atoms with Crippen LogP contribution < -0.4 is 4.90 Å². The molecule has 1 aliphatic rings. The van der Waals surface area contributed by atoms with Crippen molar-refractivity contribution in [1.82, 2.24) is 14.3 Å². The van der Waals surface area contributed by atoms with Crippen LogP contribution in [0, 0.1) is 5.82 Å². The molecule has 6 nitrogen and oxygen atoms in total. The molecule has 0 unspecified atom stereocenters. The number of aromatic nitrogens is 2. The van der Waals surface area contributed by atoms with Crippen molar-refractivity contribution >= 4 is 15.7 Å². The Balaban J connectivity index is 1.78. The SMILES string of the molecule is O=S(=O)(N1Cc2cccc(F)c2N(Cc2cnc[nH]2)[C@H](CCc2ccccc2)C1)C(F)(F)F. The number of sulfonamides is 1. The number of aryl methyl sites for hydroxylation is 1. The van der Waals surface area contributed by atoms with Gasteiger partial charge in [0, 0.05) is 25.3 Å². The number of benzene rings is 2. The highest BCUT2D eigenvalue weighted by Crippen LogP contribution is 2.37. The number of nitrogens with zero attached hydrogens (tertiary/aromatic N) is 3. The normalized spacial score (nSPS) is 17.6. The van der Waals surface area contributed by atoms with Crippen LogP contribution in [0.2, 0.25) is 0 Å². The number of nitrogens with one attached hydrogen (secondary N) is 1. The summed E-state index contributed by atoms with van der Waals surface area (Å²) in [5.41, 5.74) is -3.61. The van der Waals surface area contributed by atoms with Crippen molar-refractivity contribution in [3.05, 3.63) is 83.7 Å². The molecular weight excluding hydrogens is 460 g/mol. The second-order valence-electron chi connectivity index (χ2n) is 7.87. The van der Waals surface area contributed by atoms with Crippen LogP contribution in [0.25, 0.3) is 0 Å². The second kappa shape index (κ2) is 9.14.